The first kappa shape index (κ1) is 19.3. The molecule has 0 aromatic heterocycles. The molecule has 2 rings (SSSR count). The zero-order valence-electron chi connectivity index (χ0n) is 13.4. The molecule has 6 N–H and O–H groups in total. The van der Waals surface area contributed by atoms with Crippen molar-refractivity contribution in [2.24, 2.45) is 11.5 Å². The Bertz CT molecular complexity index is 657. The Labute approximate surface area is 140 Å². The van der Waals surface area contributed by atoms with E-state index in [-0.39, 0.29) is 0 Å². The van der Waals surface area contributed by atoms with Crippen LogP contribution in [0, 0.1) is 0 Å². The van der Waals surface area contributed by atoms with Gasteiger partial charge in [0.05, 0.1) is 0 Å². The zero-order chi connectivity index (χ0) is 18.2. The lowest BCUT2D eigenvalue weighted by molar-refractivity contribution is -0.143. The van der Waals surface area contributed by atoms with E-state index in [1.165, 1.54) is 6.92 Å². The molecule has 0 heterocycles. The minimum atomic E-state index is -1.29. The summed E-state index contributed by atoms with van der Waals surface area (Å²) in [5, 5.41) is 17.3. The molecule has 0 fully saturated rings. The molecule has 24 heavy (non-hydrogen) atoms. The van der Waals surface area contributed by atoms with Gasteiger partial charge in [-0.15, -0.1) is 0 Å². The Morgan fingerprint density at radius 2 is 1.46 bits per heavy atom. The molecule has 0 saturated heterocycles. The second kappa shape index (κ2) is 8.81. The molecule has 6 heteroatoms. The molecule has 2 aromatic rings. The molecule has 0 aliphatic rings. The van der Waals surface area contributed by atoms with Gasteiger partial charge in [-0.25, -0.2) is 4.79 Å². The highest BCUT2D eigenvalue weighted by Crippen LogP contribution is 2.16. The number of benzene rings is 2. The fourth-order valence-corrected chi connectivity index (χ4v) is 1.86. The molecule has 0 saturated carbocycles. The van der Waals surface area contributed by atoms with Crippen LogP contribution in [0.25, 0.3) is 0 Å². The minimum absolute atomic E-state index is 0.385. The number of rotatable bonds is 5. The van der Waals surface area contributed by atoms with E-state index < -0.39 is 23.5 Å². The molecular weight excluding hydrogens is 308 g/mol. The van der Waals surface area contributed by atoms with Crippen molar-refractivity contribution in [1.82, 2.24) is 0 Å². The molecule has 1 unspecified atom stereocenters. The summed E-state index contributed by atoms with van der Waals surface area (Å²) >= 11 is 0. The van der Waals surface area contributed by atoms with Crippen LogP contribution in [0.5, 0.6) is 0 Å². The van der Waals surface area contributed by atoms with E-state index in [0.717, 1.165) is 5.56 Å². The van der Waals surface area contributed by atoms with E-state index in [4.69, 9.17) is 21.7 Å². The van der Waals surface area contributed by atoms with Crippen LogP contribution >= 0.6 is 0 Å². The number of nitrogens with two attached hydrogens (primary N) is 2. The van der Waals surface area contributed by atoms with E-state index in [1.807, 2.05) is 36.4 Å². The van der Waals surface area contributed by atoms with Crippen LogP contribution in [0.2, 0.25) is 0 Å². The summed E-state index contributed by atoms with van der Waals surface area (Å²) in [4.78, 5) is 21.1. The van der Waals surface area contributed by atoms with E-state index in [9.17, 15) is 9.59 Å². The molecule has 2 atom stereocenters. The quantitative estimate of drug-likeness (QED) is 0.659. The normalized spacial score (nSPS) is 13.8. The van der Waals surface area contributed by atoms with Gasteiger partial charge in [0, 0.05) is 0 Å². The van der Waals surface area contributed by atoms with E-state index in [1.54, 1.807) is 24.3 Å². The molecule has 0 amide bonds. The molecule has 6 nitrogen and oxygen atoms in total. The SMILES string of the molecule is C[C@](N)(C(=O)O)c1ccccc1.NC(Cc1ccccc1)C(=O)O. The lowest BCUT2D eigenvalue weighted by atomic mass is 9.94. The van der Waals surface area contributed by atoms with Crippen molar-refractivity contribution in [3.05, 3.63) is 71.8 Å². The summed E-state index contributed by atoms with van der Waals surface area (Å²) < 4.78 is 0. The first-order valence-electron chi connectivity index (χ1n) is 7.35. The fraction of sp³-hybridized carbons (Fsp3) is 0.222. The first-order chi connectivity index (χ1) is 11.2. The molecule has 2 aromatic carbocycles. The smallest absolute Gasteiger partial charge is 0.328 e. The molecule has 128 valence electrons. The largest absolute Gasteiger partial charge is 0.480 e. The molecular formula is C18H22N2O4. The van der Waals surface area contributed by atoms with Crippen LogP contribution in [-0.4, -0.2) is 28.2 Å². The third-order valence-corrected chi connectivity index (χ3v) is 3.43. The monoisotopic (exact) mass is 330 g/mol. The molecule has 0 spiro atoms. The van der Waals surface area contributed by atoms with Crippen LogP contribution in [-0.2, 0) is 21.5 Å². The lowest BCUT2D eigenvalue weighted by Gasteiger charge is -2.18. The minimum Gasteiger partial charge on any atom is -0.480 e. The number of hydrogen-bond acceptors (Lipinski definition) is 4. The van der Waals surface area contributed by atoms with Gasteiger partial charge in [-0.3, -0.25) is 4.79 Å². The highest BCUT2D eigenvalue weighted by molar-refractivity contribution is 5.79. The van der Waals surface area contributed by atoms with Crippen LogP contribution < -0.4 is 11.5 Å². The predicted molar refractivity (Wildman–Crippen MR) is 91.4 cm³/mol. The predicted octanol–water partition coefficient (Wildman–Crippen LogP) is 1.59. The molecule has 0 radical (unpaired) electrons. The highest BCUT2D eigenvalue weighted by Gasteiger charge is 2.29. The third kappa shape index (κ3) is 5.83. The first-order valence-corrected chi connectivity index (χ1v) is 7.35. The van der Waals surface area contributed by atoms with Gasteiger partial charge in [-0.2, -0.15) is 0 Å². The van der Waals surface area contributed by atoms with Crippen molar-refractivity contribution in [3.63, 3.8) is 0 Å². The number of hydrogen-bond donors (Lipinski definition) is 4. The van der Waals surface area contributed by atoms with Gasteiger partial charge in [0.25, 0.3) is 0 Å². The van der Waals surface area contributed by atoms with Crippen LogP contribution in [0.15, 0.2) is 60.7 Å². The number of carbonyl (C=O) groups is 2. The Kier molecular flexibility index (Phi) is 7.10. The standard InChI is InChI=1S/2C9H11NO2/c1-9(10,8(11)12)7-5-3-2-4-6-7;10-8(9(11)12)6-7-4-2-1-3-5-7/h2-6H,10H2,1H3,(H,11,12);1-5,8H,6,10H2,(H,11,12)/t9-;/m1./s1. The van der Waals surface area contributed by atoms with Gasteiger partial charge >= 0.3 is 11.9 Å². The Hall–Kier alpha value is -2.70. The van der Waals surface area contributed by atoms with Crippen molar-refractivity contribution < 1.29 is 19.8 Å². The molecule has 0 bridgehead atoms. The number of carboxylic acids is 2. The van der Waals surface area contributed by atoms with Crippen LogP contribution in [0.3, 0.4) is 0 Å². The summed E-state index contributed by atoms with van der Waals surface area (Å²) in [5.74, 6) is -1.98. The van der Waals surface area contributed by atoms with Crippen molar-refractivity contribution in [3.8, 4) is 0 Å². The van der Waals surface area contributed by atoms with Gasteiger partial charge in [0.2, 0.25) is 0 Å². The molecule has 0 aliphatic heterocycles. The van der Waals surface area contributed by atoms with Gasteiger partial charge in [0.15, 0.2) is 0 Å². The van der Waals surface area contributed by atoms with Crippen molar-refractivity contribution in [2.75, 3.05) is 0 Å². The molecule has 0 aliphatic carbocycles. The van der Waals surface area contributed by atoms with Crippen molar-refractivity contribution in [2.45, 2.75) is 24.9 Å². The average Bonchev–Trinajstić information content (AvgIpc) is 2.57. The van der Waals surface area contributed by atoms with Gasteiger partial charge in [-0.05, 0) is 24.5 Å². The summed E-state index contributed by atoms with van der Waals surface area (Å²) in [7, 11) is 0. The summed E-state index contributed by atoms with van der Waals surface area (Å²) in [6.45, 7) is 1.48. The average molecular weight is 330 g/mol. The maximum atomic E-state index is 10.7. The topological polar surface area (TPSA) is 127 Å². The van der Waals surface area contributed by atoms with Gasteiger partial charge in [-0.1, -0.05) is 60.7 Å². The van der Waals surface area contributed by atoms with Gasteiger partial charge in [0.1, 0.15) is 11.6 Å². The Balaban J connectivity index is 0.000000240. The second-order valence-corrected chi connectivity index (χ2v) is 5.51. The van der Waals surface area contributed by atoms with E-state index >= 15 is 0 Å². The number of aliphatic carboxylic acids is 2. The Morgan fingerprint density at radius 1 is 1.00 bits per heavy atom. The highest BCUT2D eigenvalue weighted by atomic mass is 16.4. The Morgan fingerprint density at radius 3 is 1.88 bits per heavy atom. The van der Waals surface area contributed by atoms with Crippen LogP contribution in [0.4, 0.5) is 0 Å². The number of carboxylic acid groups (broad SMARTS) is 2. The van der Waals surface area contributed by atoms with E-state index in [0.29, 0.717) is 12.0 Å². The summed E-state index contributed by atoms with van der Waals surface area (Å²) in [5.41, 5.74) is 11.2. The van der Waals surface area contributed by atoms with Crippen molar-refractivity contribution >= 4 is 11.9 Å². The van der Waals surface area contributed by atoms with Gasteiger partial charge < -0.3 is 21.7 Å². The lowest BCUT2D eigenvalue weighted by Crippen LogP contribution is -2.41. The summed E-state index contributed by atoms with van der Waals surface area (Å²) in [6, 6.07) is 17.3. The van der Waals surface area contributed by atoms with E-state index in [2.05, 4.69) is 0 Å². The zero-order valence-corrected chi connectivity index (χ0v) is 13.4. The second-order valence-electron chi connectivity index (χ2n) is 5.51. The summed E-state index contributed by atoms with van der Waals surface area (Å²) in [6.07, 6.45) is 0.385. The maximum absolute atomic E-state index is 10.7. The fourth-order valence-electron chi connectivity index (χ4n) is 1.86. The van der Waals surface area contributed by atoms with Crippen LogP contribution in [0.1, 0.15) is 18.1 Å². The van der Waals surface area contributed by atoms with Crippen molar-refractivity contribution in [1.29, 1.82) is 0 Å². The third-order valence-electron chi connectivity index (χ3n) is 3.43. The maximum Gasteiger partial charge on any atom is 0.328 e.